The summed E-state index contributed by atoms with van der Waals surface area (Å²) in [6.07, 6.45) is 0. The number of aromatic nitrogens is 2. The monoisotopic (exact) mass is 456 g/mol. The van der Waals surface area contributed by atoms with Crippen LogP contribution in [0.5, 0.6) is 11.5 Å². The molecular formula is C26H24N4O4. The molecule has 8 nitrogen and oxygen atoms in total. The van der Waals surface area contributed by atoms with Gasteiger partial charge in [0.15, 0.2) is 5.82 Å². The first-order valence-corrected chi connectivity index (χ1v) is 10.5. The molecule has 0 bridgehead atoms. The van der Waals surface area contributed by atoms with E-state index in [1.165, 1.54) is 0 Å². The first-order chi connectivity index (χ1) is 16.4. The van der Waals surface area contributed by atoms with Crippen LogP contribution in [0.2, 0.25) is 0 Å². The number of nitrogens with zero attached hydrogens (tertiary/aromatic N) is 1. The van der Waals surface area contributed by atoms with Crippen LogP contribution in [0.1, 0.15) is 17.3 Å². The first-order valence-electron chi connectivity index (χ1n) is 10.5. The summed E-state index contributed by atoms with van der Waals surface area (Å²) in [4.78, 5) is 24.7. The molecule has 0 aliphatic heterocycles. The largest absolute Gasteiger partial charge is 0.497 e. The predicted molar refractivity (Wildman–Crippen MR) is 132 cm³/mol. The maximum Gasteiger partial charge on any atom is 0.256 e. The van der Waals surface area contributed by atoms with E-state index in [2.05, 4.69) is 27.4 Å². The van der Waals surface area contributed by atoms with E-state index in [0.29, 0.717) is 34.1 Å². The van der Waals surface area contributed by atoms with Crippen molar-refractivity contribution >= 4 is 34.2 Å². The van der Waals surface area contributed by atoms with Gasteiger partial charge in [-0.1, -0.05) is 18.7 Å². The van der Waals surface area contributed by atoms with E-state index in [9.17, 15) is 9.59 Å². The van der Waals surface area contributed by atoms with Gasteiger partial charge in [-0.3, -0.25) is 14.7 Å². The van der Waals surface area contributed by atoms with Crippen molar-refractivity contribution in [2.75, 3.05) is 24.9 Å². The summed E-state index contributed by atoms with van der Waals surface area (Å²) in [5, 5.41) is 13.5. The van der Waals surface area contributed by atoms with Crippen LogP contribution in [0.25, 0.3) is 22.0 Å². The normalized spacial score (nSPS) is 10.6. The molecule has 4 aromatic rings. The van der Waals surface area contributed by atoms with E-state index >= 15 is 0 Å². The Labute approximate surface area is 196 Å². The minimum atomic E-state index is -0.346. The molecule has 34 heavy (non-hydrogen) atoms. The molecule has 0 aliphatic rings. The van der Waals surface area contributed by atoms with Crippen LogP contribution in [-0.2, 0) is 4.79 Å². The molecule has 0 saturated carbocycles. The summed E-state index contributed by atoms with van der Waals surface area (Å²) in [7, 11) is 3.21. The third-order valence-corrected chi connectivity index (χ3v) is 5.25. The summed E-state index contributed by atoms with van der Waals surface area (Å²) in [5.41, 5.74) is 3.89. The molecule has 0 aliphatic carbocycles. The van der Waals surface area contributed by atoms with E-state index < -0.39 is 0 Å². The average molecular weight is 457 g/mol. The number of hydrogen-bond acceptors (Lipinski definition) is 5. The average Bonchev–Trinajstić information content (AvgIpc) is 3.25. The van der Waals surface area contributed by atoms with E-state index in [1.807, 2.05) is 36.4 Å². The van der Waals surface area contributed by atoms with Crippen molar-refractivity contribution in [3.63, 3.8) is 0 Å². The van der Waals surface area contributed by atoms with Crippen molar-refractivity contribution in [1.82, 2.24) is 10.2 Å². The van der Waals surface area contributed by atoms with Crippen LogP contribution >= 0.6 is 0 Å². The highest BCUT2D eigenvalue weighted by atomic mass is 16.5. The van der Waals surface area contributed by atoms with Crippen molar-refractivity contribution in [2.45, 2.75) is 6.92 Å². The Morgan fingerprint density at radius 2 is 1.65 bits per heavy atom. The van der Waals surface area contributed by atoms with Gasteiger partial charge >= 0.3 is 0 Å². The fraction of sp³-hybridized carbons (Fsp3) is 0.115. The lowest BCUT2D eigenvalue weighted by atomic mass is 10.0. The predicted octanol–water partition coefficient (Wildman–Crippen LogP) is 5.01. The zero-order valence-corrected chi connectivity index (χ0v) is 19.1. The van der Waals surface area contributed by atoms with Gasteiger partial charge in [0.05, 0.1) is 19.7 Å². The van der Waals surface area contributed by atoms with Crippen molar-refractivity contribution in [3.8, 4) is 22.6 Å². The van der Waals surface area contributed by atoms with Gasteiger partial charge in [0.25, 0.3) is 11.8 Å². The number of methoxy groups -OCH3 is 2. The number of nitrogens with one attached hydrogen (secondary N) is 3. The van der Waals surface area contributed by atoms with Gasteiger partial charge in [-0.05, 0) is 60.5 Å². The maximum absolute atomic E-state index is 12.8. The molecule has 8 heteroatoms. The van der Waals surface area contributed by atoms with Crippen molar-refractivity contribution in [3.05, 3.63) is 78.4 Å². The summed E-state index contributed by atoms with van der Waals surface area (Å²) in [6, 6.07) is 18.1. The molecule has 1 aromatic heterocycles. The van der Waals surface area contributed by atoms with Crippen LogP contribution in [0.15, 0.2) is 72.8 Å². The van der Waals surface area contributed by atoms with E-state index in [0.717, 1.165) is 22.0 Å². The molecule has 0 spiro atoms. The third kappa shape index (κ3) is 4.75. The number of rotatable bonds is 7. The Hall–Kier alpha value is -4.59. The Bertz CT molecular complexity index is 1380. The van der Waals surface area contributed by atoms with Crippen LogP contribution in [-0.4, -0.2) is 36.2 Å². The quantitative estimate of drug-likeness (QED) is 0.339. The Morgan fingerprint density at radius 1 is 0.912 bits per heavy atom. The molecule has 1 heterocycles. The Kier molecular flexibility index (Phi) is 6.31. The summed E-state index contributed by atoms with van der Waals surface area (Å²) in [6.45, 7) is 5.23. The number of carbonyl (C=O) groups excluding carboxylic acids is 2. The molecule has 2 amide bonds. The fourth-order valence-electron chi connectivity index (χ4n) is 3.42. The van der Waals surface area contributed by atoms with Crippen molar-refractivity contribution in [1.29, 1.82) is 0 Å². The Morgan fingerprint density at radius 3 is 2.32 bits per heavy atom. The first kappa shape index (κ1) is 22.6. The molecule has 4 rings (SSSR count). The molecule has 0 unspecified atom stereocenters. The van der Waals surface area contributed by atoms with Crippen LogP contribution in [0, 0.1) is 0 Å². The van der Waals surface area contributed by atoms with Gasteiger partial charge in [0.2, 0.25) is 0 Å². The summed E-state index contributed by atoms with van der Waals surface area (Å²) >= 11 is 0. The van der Waals surface area contributed by atoms with E-state index in [4.69, 9.17) is 9.47 Å². The number of aromatic amines is 1. The summed E-state index contributed by atoms with van der Waals surface area (Å²) < 4.78 is 10.7. The van der Waals surface area contributed by atoms with Gasteiger partial charge in [-0.2, -0.15) is 5.10 Å². The van der Waals surface area contributed by atoms with Gasteiger partial charge < -0.3 is 20.1 Å². The molecule has 0 atom stereocenters. The second-order valence-electron chi connectivity index (χ2n) is 7.70. The topological polar surface area (TPSA) is 105 Å². The lowest BCUT2D eigenvalue weighted by molar-refractivity contribution is -0.112. The summed E-state index contributed by atoms with van der Waals surface area (Å²) in [5.74, 6) is 1.13. The zero-order chi connectivity index (χ0) is 24.2. The molecule has 0 fully saturated rings. The second kappa shape index (κ2) is 9.50. The number of H-pyrrole nitrogens is 1. The molecule has 0 saturated heterocycles. The van der Waals surface area contributed by atoms with Crippen molar-refractivity contribution in [2.24, 2.45) is 0 Å². The minimum absolute atomic E-state index is 0.305. The van der Waals surface area contributed by atoms with Crippen LogP contribution in [0.3, 0.4) is 0 Å². The lowest BCUT2D eigenvalue weighted by Gasteiger charge is -2.09. The smallest absolute Gasteiger partial charge is 0.256 e. The molecule has 172 valence electrons. The maximum atomic E-state index is 12.8. The zero-order valence-electron chi connectivity index (χ0n) is 19.1. The standard InChI is InChI=1S/C26H24N4O4/c1-15(2)25(31)27-19-7-5-6-17(10-19)26(32)28-24-22-9-8-16(13-23(22)29-30-24)18-11-20(33-3)14-21(12-18)34-4/h5-14H,1H2,2-4H3,(H,27,31)(H2,28,29,30,32). The highest BCUT2D eigenvalue weighted by Crippen LogP contribution is 2.32. The lowest BCUT2D eigenvalue weighted by Crippen LogP contribution is -2.15. The molecule has 3 N–H and O–H groups in total. The van der Waals surface area contributed by atoms with Gasteiger partial charge in [-0.25, -0.2) is 0 Å². The van der Waals surface area contributed by atoms with Crippen LogP contribution in [0.4, 0.5) is 11.5 Å². The van der Waals surface area contributed by atoms with Gasteiger partial charge in [-0.15, -0.1) is 0 Å². The van der Waals surface area contributed by atoms with Gasteiger partial charge in [0.1, 0.15) is 11.5 Å². The minimum Gasteiger partial charge on any atom is -0.497 e. The van der Waals surface area contributed by atoms with E-state index in [-0.39, 0.29) is 11.8 Å². The Balaban J connectivity index is 1.57. The van der Waals surface area contributed by atoms with Crippen molar-refractivity contribution < 1.29 is 19.1 Å². The molecule has 3 aromatic carbocycles. The number of ether oxygens (including phenoxy) is 2. The van der Waals surface area contributed by atoms with Crippen LogP contribution < -0.4 is 20.1 Å². The number of carbonyl (C=O) groups is 2. The number of anilines is 2. The highest BCUT2D eigenvalue weighted by Gasteiger charge is 2.14. The number of hydrogen-bond donors (Lipinski definition) is 3. The number of fused-ring (bicyclic) bond motifs is 1. The van der Waals surface area contributed by atoms with Gasteiger partial charge in [0, 0.05) is 28.3 Å². The molecule has 0 radical (unpaired) electrons. The second-order valence-corrected chi connectivity index (χ2v) is 7.70. The SMILES string of the molecule is C=C(C)C(=O)Nc1cccc(C(=O)Nc2n[nH]c3cc(-c4cc(OC)cc(OC)c4)ccc23)c1. The third-order valence-electron chi connectivity index (χ3n) is 5.25. The number of benzene rings is 3. The fourth-order valence-corrected chi connectivity index (χ4v) is 3.42. The van der Waals surface area contributed by atoms with E-state index in [1.54, 1.807) is 45.4 Å². The number of amides is 2. The highest BCUT2D eigenvalue weighted by molar-refractivity contribution is 6.09. The molecular weight excluding hydrogens is 432 g/mol.